The molecule has 0 aliphatic rings. The van der Waals surface area contributed by atoms with E-state index in [4.69, 9.17) is 45.4 Å². The Morgan fingerprint density at radius 2 is 1.66 bits per heavy atom. The molecule has 0 bridgehead atoms. The first-order valence-electron chi connectivity index (χ1n) is 9.84. The Kier molecular flexibility index (Phi) is 16.3. The molecule has 2 aromatic rings. The van der Waals surface area contributed by atoms with E-state index < -0.39 is 11.9 Å². The summed E-state index contributed by atoms with van der Waals surface area (Å²) in [6.07, 6.45) is 2.07. The van der Waals surface area contributed by atoms with Crippen LogP contribution in [0.5, 0.6) is 0 Å². The number of carbonyl (C=O) groups excluding carboxylic acids is 1. The van der Waals surface area contributed by atoms with E-state index in [9.17, 15) is 4.79 Å². The number of hydrogen-bond acceptors (Lipinski definition) is 8. The van der Waals surface area contributed by atoms with E-state index in [2.05, 4.69) is 20.6 Å². The Bertz CT molecular complexity index is 993. The predicted molar refractivity (Wildman–Crippen MR) is 148 cm³/mol. The Balaban J connectivity index is 0. The van der Waals surface area contributed by atoms with Crippen molar-refractivity contribution >= 4 is 84.0 Å². The lowest BCUT2D eigenvalue weighted by molar-refractivity contribution is 0.0838. The van der Waals surface area contributed by atoms with Gasteiger partial charge in [-0.05, 0) is 30.9 Å². The van der Waals surface area contributed by atoms with Crippen molar-refractivity contribution in [3.63, 3.8) is 0 Å². The van der Waals surface area contributed by atoms with Crippen LogP contribution in [0.2, 0.25) is 5.15 Å². The molecule has 35 heavy (non-hydrogen) atoms. The number of rotatable bonds is 10. The molecule has 0 unspecified atom stereocenters. The normalized spacial score (nSPS) is 9.51. The van der Waals surface area contributed by atoms with Gasteiger partial charge in [0.1, 0.15) is 0 Å². The monoisotopic (exact) mass is 569 g/mol. The van der Waals surface area contributed by atoms with E-state index in [1.807, 2.05) is 24.3 Å². The first-order chi connectivity index (χ1) is 15.2. The third-order valence-electron chi connectivity index (χ3n) is 4.49. The van der Waals surface area contributed by atoms with Crippen LogP contribution in [-0.4, -0.2) is 52.3 Å². The van der Waals surface area contributed by atoms with Crippen molar-refractivity contribution in [1.29, 1.82) is 10.8 Å². The quantitative estimate of drug-likeness (QED) is 0.118. The summed E-state index contributed by atoms with van der Waals surface area (Å²) >= 11 is 5.85. The third kappa shape index (κ3) is 10.5. The van der Waals surface area contributed by atoms with Crippen molar-refractivity contribution in [2.24, 2.45) is 11.5 Å². The van der Waals surface area contributed by atoms with E-state index in [1.54, 1.807) is 0 Å². The summed E-state index contributed by atoms with van der Waals surface area (Å²) in [5.74, 6) is -1.42. The van der Waals surface area contributed by atoms with E-state index in [-0.39, 0.29) is 72.2 Å². The van der Waals surface area contributed by atoms with E-state index in [1.165, 1.54) is 0 Å². The van der Waals surface area contributed by atoms with Crippen LogP contribution in [-0.2, 0) is 6.42 Å². The molecule has 16 heteroatoms. The van der Waals surface area contributed by atoms with Gasteiger partial charge in [-0.25, -0.2) is 9.97 Å². The summed E-state index contributed by atoms with van der Waals surface area (Å²) in [6, 6.07) is 7.87. The van der Waals surface area contributed by atoms with Crippen molar-refractivity contribution in [1.82, 2.24) is 20.2 Å². The van der Waals surface area contributed by atoms with Crippen LogP contribution in [0.1, 0.15) is 28.9 Å². The number of nitrogen functional groups attached to an aromatic ring is 2. The number of hydrogen-bond donors (Lipinski definition) is 8. The fraction of sp³-hybridized carbons (Fsp3) is 0.316. The molecule has 12 N–H and O–H groups in total. The number of para-hydroxylation sites is 1. The average Bonchev–Trinajstić information content (AvgIpc) is 2.73. The maximum absolute atomic E-state index is 12.8. The zero-order valence-electron chi connectivity index (χ0n) is 18.7. The lowest BCUT2D eigenvalue weighted by atomic mass is 10.1. The minimum absolute atomic E-state index is 0. The number of guanidine groups is 2. The summed E-state index contributed by atoms with van der Waals surface area (Å²) in [5.41, 5.74) is 24.1. The van der Waals surface area contributed by atoms with E-state index >= 15 is 0 Å². The number of halogens is 4. The van der Waals surface area contributed by atoms with Crippen molar-refractivity contribution in [3.05, 3.63) is 40.7 Å². The van der Waals surface area contributed by atoms with Crippen LogP contribution >= 0.6 is 48.8 Å². The third-order valence-corrected chi connectivity index (χ3v) is 4.77. The number of benzene rings is 1. The van der Waals surface area contributed by atoms with Gasteiger partial charge in [-0.2, -0.15) is 0 Å². The number of carbonyl (C=O) groups is 1. The van der Waals surface area contributed by atoms with Gasteiger partial charge in [0, 0.05) is 25.3 Å². The van der Waals surface area contributed by atoms with Crippen molar-refractivity contribution in [2.45, 2.75) is 19.3 Å². The number of aryl methyl sites for hydroxylation is 1. The maximum atomic E-state index is 12.8. The number of aromatic nitrogens is 2. The number of nitrogens with two attached hydrogens (primary N) is 4. The summed E-state index contributed by atoms with van der Waals surface area (Å²) in [7, 11) is 0. The van der Waals surface area contributed by atoms with Crippen molar-refractivity contribution in [2.75, 3.05) is 36.4 Å². The number of unbranched alkanes of at least 4 members (excludes halogenated alkanes) is 1. The van der Waals surface area contributed by atoms with Crippen molar-refractivity contribution in [3.8, 4) is 0 Å². The molecule has 1 aromatic carbocycles. The molecule has 0 aliphatic carbocycles. The molecule has 12 nitrogen and oxygen atoms in total. The first kappa shape index (κ1) is 34.2. The topological polar surface area (TPSA) is 222 Å². The molecule has 0 saturated heterocycles. The van der Waals surface area contributed by atoms with Gasteiger partial charge >= 0.3 is 0 Å². The lowest BCUT2D eigenvalue weighted by Gasteiger charge is -2.21. The predicted octanol–water partition coefficient (Wildman–Crippen LogP) is 1.81. The number of amides is 1. The molecular formula is C19H31Cl4N11O. The van der Waals surface area contributed by atoms with Gasteiger partial charge in [-0.3, -0.25) is 20.5 Å². The molecule has 0 radical (unpaired) electrons. The average molecular weight is 571 g/mol. The highest BCUT2D eigenvalue weighted by Gasteiger charge is 2.24. The second-order valence-electron chi connectivity index (χ2n) is 6.86. The Labute approximate surface area is 227 Å². The van der Waals surface area contributed by atoms with Gasteiger partial charge in [0.15, 0.2) is 34.4 Å². The Morgan fingerprint density at radius 3 is 2.29 bits per heavy atom. The second kappa shape index (κ2) is 16.7. The van der Waals surface area contributed by atoms with Gasteiger partial charge in [0.05, 0.1) is 0 Å². The number of nitrogens with one attached hydrogen (secondary N) is 4. The summed E-state index contributed by atoms with van der Waals surface area (Å²) in [6.45, 7) is 1.34. The van der Waals surface area contributed by atoms with Crippen molar-refractivity contribution < 1.29 is 4.79 Å². The van der Waals surface area contributed by atoms with Gasteiger partial charge < -0.3 is 33.6 Å². The Morgan fingerprint density at radius 1 is 1.00 bits per heavy atom. The van der Waals surface area contributed by atoms with Crippen LogP contribution < -0.4 is 33.6 Å². The first-order valence-corrected chi connectivity index (χ1v) is 10.2. The zero-order valence-corrected chi connectivity index (χ0v) is 21.9. The van der Waals surface area contributed by atoms with E-state index in [0.29, 0.717) is 19.5 Å². The molecule has 0 atom stereocenters. The van der Waals surface area contributed by atoms with Gasteiger partial charge in [-0.1, -0.05) is 29.8 Å². The number of nitrogens with zero attached hydrogens (tertiary/aromatic N) is 3. The fourth-order valence-electron chi connectivity index (χ4n) is 2.95. The lowest BCUT2D eigenvalue weighted by Crippen LogP contribution is -2.42. The molecule has 0 spiro atoms. The van der Waals surface area contributed by atoms with Gasteiger partial charge in [0.2, 0.25) is 0 Å². The molecule has 0 saturated carbocycles. The fourth-order valence-corrected chi connectivity index (χ4v) is 3.08. The molecular weight excluding hydrogens is 540 g/mol. The molecule has 0 aliphatic heterocycles. The van der Waals surface area contributed by atoms with E-state index in [0.717, 1.165) is 29.0 Å². The van der Waals surface area contributed by atoms with Crippen LogP contribution in [0, 0.1) is 10.8 Å². The van der Waals surface area contributed by atoms with Gasteiger partial charge in [-0.15, -0.1) is 37.2 Å². The summed E-state index contributed by atoms with van der Waals surface area (Å²) < 4.78 is 0. The van der Waals surface area contributed by atoms with Gasteiger partial charge in [0.25, 0.3) is 5.91 Å². The zero-order chi connectivity index (χ0) is 23.7. The smallest absolute Gasteiger partial charge is 0.283 e. The highest BCUT2D eigenvalue weighted by Crippen LogP contribution is 2.20. The SMILES string of the molecule is Cl.Cl.Cl.N=C(N)NCCNc1ccccc1CCCCN(C(=N)N)C(=O)c1nc(Cl)c(N)nc1N. The van der Waals surface area contributed by atoms with Crippen LogP contribution in [0.3, 0.4) is 0 Å². The minimum Gasteiger partial charge on any atom is -0.383 e. The van der Waals surface area contributed by atoms with Crippen LogP contribution in [0.4, 0.5) is 17.3 Å². The highest BCUT2D eigenvalue weighted by molar-refractivity contribution is 6.31. The number of anilines is 3. The summed E-state index contributed by atoms with van der Waals surface area (Å²) in [4.78, 5) is 21.5. The molecule has 2 rings (SSSR count). The minimum atomic E-state index is -0.663. The molecule has 1 heterocycles. The maximum Gasteiger partial charge on any atom is 0.283 e. The molecule has 196 valence electrons. The van der Waals surface area contributed by atoms with Crippen LogP contribution in [0.15, 0.2) is 24.3 Å². The largest absolute Gasteiger partial charge is 0.383 e. The standard InChI is InChI=1S/C19H28ClN11O.3ClH/c20-14-16(22)30-15(21)13(29-14)17(32)31(19(25)26)10-4-3-6-11-5-1-2-7-12(11)27-8-9-28-18(23)24;;;/h1-2,5,7,27H,3-4,6,8-10H2,(H3,25,26)(H4,21,22,30)(H4,23,24,28);3*1H. The molecule has 0 fully saturated rings. The Hall–Kier alpha value is -2.93. The molecule has 1 amide bonds. The highest BCUT2D eigenvalue weighted by atomic mass is 35.5. The molecule has 1 aromatic heterocycles. The van der Waals surface area contributed by atoms with Crippen LogP contribution in [0.25, 0.3) is 0 Å². The summed E-state index contributed by atoms with van der Waals surface area (Å²) in [5, 5.41) is 20.8. The second-order valence-corrected chi connectivity index (χ2v) is 7.22.